The Morgan fingerprint density at radius 3 is 2.61 bits per heavy atom. The number of nitrogens with two attached hydrogens (primary N) is 1. The number of aromatic nitrogens is 2. The van der Waals surface area contributed by atoms with Crippen LogP contribution in [0.4, 0.5) is 10.2 Å². The highest BCUT2D eigenvalue weighted by Crippen LogP contribution is 2.28. The molecule has 6 heteroatoms. The smallest absolute Gasteiger partial charge is 0.254 e. The molecule has 0 saturated heterocycles. The molecule has 0 aliphatic carbocycles. The summed E-state index contributed by atoms with van der Waals surface area (Å²) in [6.45, 7) is 1.17. The van der Waals surface area contributed by atoms with Crippen molar-refractivity contribution < 1.29 is 9.18 Å². The van der Waals surface area contributed by atoms with Crippen molar-refractivity contribution in [2.24, 2.45) is 0 Å². The minimum absolute atomic E-state index is 0.0139. The molecule has 0 unspecified atom stereocenters. The number of carbonyl (C=O) groups is 1. The van der Waals surface area contributed by atoms with Gasteiger partial charge in [-0.25, -0.2) is 9.37 Å². The monoisotopic (exact) mass is 436 g/mol. The molecule has 0 fully saturated rings. The number of hydrogen-bond donors (Lipinski definition) is 2. The van der Waals surface area contributed by atoms with E-state index < -0.39 is 0 Å². The molecule has 1 amide bonds. The summed E-state index contributed by atoms with van der Waals surface area (Å²) in [7, 11) is 0. The number of amides is 1. The highest BCUT2D eigenvalue weighted by molar-refractivity contribution is 5.95. The lowest BCUT2D eigenvalue weighted by Gasteiger charge is -2.26. The summed E-state index contributed by atoms with van der Waals surface area (Å²) < 4.78 is 13.3. The van der Waals surface area contributed by atoms with Gasteiger partial charge in [0, 0.05) is 47.1 Å². The first-order valence-electron chi connectivity index (χ1n) is 10.7. The Balaban J connectivity index is 1.27. The van der Waals surface area contributed by atoms with Crippen LogP contribution in [-0.2, 0) is 0 Å². The number of rotatable bonds is 2. The summed E-state index contributed by atoms with van der Waals surface area (Å²) in [5, 5.41) is 0.910. The first-order chi connectivity index (χ1) is 16.1. The van der Waals surface area contributed by atoms with E-state index in [1.165, 1.54) is 12.1 Å². The summed E-state index contributed by atoms with van der Waals surface area (Å²) in [5.74, 6) is 6.12. The first kappa shape index (κ1) is 20.5. The Morgan fingerprint density at radius 2 is 1.88 bits per heavy atom. The van der Waals surface area contributed by atoms with Gasteiger partial charge >= 0.3 is 0 Å². The van der Waals surface area contributed by atoms with Crippen molar-refractivity contribution in [1.82, 2.24) is 14.9 Å². The predicted octanol–water partition coefficient (Wildman–Crippen LogP) is 4.61. The number of anilines is 1. The van der Waals surface area contributed by atoms with Gasteiger partial charge in [-0.15, -0.1) is 0 Å². The number of fused-ring (bicyclic) bond motifs is 1. The number of aromatic amines is 1. The van der Waals surface area contributed by atoms with Crippen LogP contribution in [0.5, 0.6) is 0 Å². The minimum atomic E-state index is -0.313. The molecule has 33 heavy (non-hydrogen) atoms. The van der Waals surface area contributed by atoms with E-state index >= 15 is 0 Å². The average Bonchev–Trinajstić information content (AvgIpc) is 3.29. The number of hydrogen-bond acceptors (Lipinski definition) is 3. The third kappa shape index (κ3) is 4.35. The van der Waals surface area contributed by atoms with Gasteiger partial charge in [0.1, 0.15) is 11.6 Å². The Kier molecular flexibility index (Phi) is 5.37. The van der Waals surface area contributed by atoms with E-state index in [2.05, 4.69) is 27.9 Å². The van der Waals surface area contributed by atoms with Crippen LogP contribution in [0.3, 0.4) is 0 Å². The summed E-state index contributed by atoms with van der Waals surface area (Å²) in [6.07, 6.45) is 4.52. The lowest BCUT2D eigenvalue weighted by molar-refractivity contribution is 0.0773. The number of H-pyrrole nitrogens is 1. The topological polar surface area (TPSA) is 75.0 Å². The SMILES string of the molecule is Nc1nccc2[nH]c(C3=CCN(C(=O)c4ccc(C#Cc5cccc(F)c5)cc4)CC3)cc12. The van der Waals surface area contributed by atoms with Crippen LogP contribution >= 0.6 is 0 Å². The molecule has 3 N–H and O–H groups in total. The minimum Gasteiger partial charge on any atom is -0.383 e. The summed E-state index contributed by atoms with van der Waals surface area (Å²) in [6, 6.07) is 17.3. The molecule has 1 aliphatic heterocycles. The standard InChI is InChI=1S/C27H21FN4O/c28-22-3-1-2-19(16-22)5-4-18-6-8-21(9-7-18)27(33)32-14-11-20(12-15-32)25-17-23-24(31-25)10-13-30-26(23)29/h1-3,6-11,13,16-17,31H,12,14-15H2,(H2,29,30). The number of pyridine rings is 1. The largest absolute Gasteiger partial charge is 0.383 e. The second kappa shape index (κ2) is 8.64. The van der Waals surface area contributed by atoms with Crippen LogP contribution in [0.15, 0.2) is 72.9 Å². The van der Waals surface area contributed by atoms with E-state index in [9.17, 15) is 9.18 Å². The molecule has 5 rings (SSSR count). The van der Waals surface area contributed by atoms with Crippen LogP contribution in [0.1, 0.15) is 33.6 Å². The van der Waals surface area contributed by atoms with Gasteiger partial charge in [0.05, 0.1) is 5.52 Å². The van der Waals surface area contributed by atoms with E-state index in [0.717, 1.165) is 34.2 Å². The fourth-order valence-corrected chi connectivity index (χ4v) is 3.94. The number of benzene rings is 2. The van der Waals surface area contributed by atoms with E-state index in [4.69, 9.17) is 5.73 Å². The van der Waals surface area contributed by atoms with Crippen molar-refractivity contribution in [3.05, 3.63) is 101 Å². The van der Waals surface area contributed by atoms with Crippen molar-refractivity contribution in [2.75, 3.05) is 18.8 Å². The lowest BCUT2D eigenvalue weighted by Crippen LogP contribution is -2.34. The van der Waals surface area contributed by atoms with Gasteiger partial charge in [-0.3, -0.25) is 4.79 Å². The summed E-state index contributed by atoms with van der Waals surface area (Å²) >= 11 is 0. The molecule has 0 saturated carbocycles. The number of nitrogens with zero attached hydrogens (tertiary/aromatic N) is 2. The molecule has 0 radical (unpaired) electrons. The Bertz CT molecular complexity index is 1440. The van der Waals surface area contributed by atoms with Crippen molar-refractivity contribution >= 4 is 28.2 Å². The van der Waals surface area contributed by atoms with Gasteiger partial charge in [0.2, 0.25) is 0 Å². The van der Waals surface area contributed by atoms with E-state index in [1.54, 1.807) is 30.5 Å². The fraction of sp³-hybridized carbons (Fsp3) is 0.111. The van der Waals surface area contributed by atoms with Gasteiger partial charge in [-0.2, -0.15) is 0 Å². The molecule has 3 heterocycles. The fourth-order valence-electron chi connectivity index (χ4n) is 3.94. The van der Waals surface area contributed by atoms with Gasteiger partial charge in [-0.1, -0.05) is 24.0 Å². The summed E-state index contributed by atoms with van der Waals surface area (Å²) in [4.78, 5) is 22.3. The van der Waals surface area contributed by atoms with Crippen molar-refractivity contribution in [3.8, 4) is 11.8 Å². The molecular formula is C27H21FN4O. The zero-order valence-corrected chi connectivity index (χ0v) is 17.8. The maximum absolute atomic E-state index is 13.3. The maximum Gasteiger partial charge on any atom is 0.254 e. The highest BCUT2D eigenvalue weighted by Gasteiger charge is 2.20. The Morgan fingerprint density at radius 1 is 1.06 bits per heavy atom. The van der Waals surface area contributed by atoms with Crippen molar-refractivity contribution in [2.45, 2.75) is 6.42 Å². The quantitative estimate of drug-likeness (QED) is 0.451. The first-order valence-corrected chi connectivity index (χ1v) is 10.7. The third-order valence-electron chi connectivity index (χ3n) is 5.73. The third-order valence-corrected chi connectivity index (χ3v) is 5.73. The van der Waals surface area contributed by atoms with Crippen molar-refractivity contribution in [1.29, 1.82) is 0 Å². The molecule has 2 aromatic carbocycles. The van der Waals surface area contributed by atoms with Crippen LogP contribution < -0.4 is 5.73 Å². The van der Waals surface area contributed by atoms with Gasteiger partial charge in [-0.05, 0) is 66.6 Å². The van der Waals surface area contributed by atoms with Gasteiger partial charge in [0.15, 0.2) is 0 Å². The lowest BCUT2D eigenvalue weighted by atomic mass is 10.0. The zero-order chi connectivity index (χ0) is 22.8. The molecule has 4 aromatic rings. The Labute approximate surface area is 190 Å². The van der Waals surface area contributed by atoms with Gasteiger partial charge < -0.3 is 15.6 Å². The summed E-state index contributed by atoms with van der Waals surface area (Å²) in [5.41, 5.74) is 11.1. The molecule has 162 valence electrons. The second-order valence-electron chi connectivity index (χ2n) is 7.91. The van der Waals surface area contributed by atoms with E-state index in [1.807, 2.05) is 29.2 Å². The van der Waals surface area contributed by atoms with Gasteiger partial charge in [0.25, 0.3) is 5.91 Å². The zero-order valence-electron chi connectivity index (χ0n) is 17.8. The van der Waals surface area contributed by atoms with E-state index in [-0.39, 0.29) is 11.7 Å². The molecule has 5 nitrogen and oxygen atoms in total. The highest BCUT2D eigenvalue weighted by atomic mass is 19.1. The van der Waals surface area contributed by atoms with Crippen LogP contribution in [0.25, 0.3) is 16.5 Å². The molecule has 1 aliphatic rings. The molecular weight excluding hydrogens is 415 g/mol. The number of nitrogen functional groups attached to an aromatic ring is 1. The van der Waals surface area contributed by atoms with Crippen molar-refractivity contribution in [3.63, 3.8) is 0 Å². The average molecular weight is 436 g/mol. The van der Waals surface area contributed by atoms with Crippen LogP contribution in [0, 0.1) is 17.7 Å². The number of carbonyl (C=O) groups excluding carboxylic acids is 1. The molecule has 2 aromatic heterocycles. The molecule has 0 spiro atoms. The van der Waals surface area contributed by atoms with Crippen LogP contribution in [0.2, 0.25) is 0 Å². The normalized spacial score (nSPS) is 13.4. The van der Waals surface area contributed by atoms with Crippen LogP contribution in [-0.4, -0.2) is 33.9 Å². The maximum atomic E-state index is 13.3. The number of halogens is 1. The molecule has 0 bridgehead atoms. The predicted molar refractivity (Wildman–Crippen MR) is 128 cm³/mol. The number of nitrogens with one attached hydrogen (secondary N) is 1. The van der Waals surface area contributed by atoms with E-state index in [0.29, 0.717) is 30.0 Å². The molecule has 0 atom stereocenters. The Hall–Kier alpha value is -4.37. The second-order valence-corrected chi connectivity index (χ2v) is 7.91.